The molecule has 1 fully saturated rings. The molecular formula is C9H13N5O3. The zero-order valence-corrected chi connectivity index (χ0v) is 9.11. The van der Waals surface area contributed by atoms with Gasteiger partial charge in [0.1, 0.15) is 6.20 Å². The normalized spacial score (nSPS) is 14.6. The number of nitrogens with zero attached hydrogens (tertiary/aromatic N) is 4. The maximum absolute atomic E-state index is 10.6. The van der Waals surface area contributed by atoms with Gasteiger partial charge in [0.15, 0.2) is 0 Å². The van der Waals surface area contributed by atoms with Crippen molar-refractivity contribution in [2.45, 2.75) is 18.9 Å². The fourth-order valence-electron chi connectivity index (χ4n) is 1.60. The molecule has 1 aliphatic rings. The van der Waals surface area contributed by atoms with Crippen LogP contribution in [0.3, 0.4) is 0 Å². The van der Waals surface area contributed by atoms with Crippen LogP contribution in [0.5, 0.6) is 0 Å². The number of rotatable bonds is 5. The molecule has 92 valence electrons. The van der Waals surface area contributed by atoms with E-state index in [1.807, 2.05) is 4.90 Å². The molecule has 0 amide bonds. The van der Waals surface area contributed by atoms with E-state index in [2.05, 4.69) is 9.97 Å². The van der Waals surface area contributed by atoms with Crippen molar-refractivity contribution in [3.8, 4) is 0 Å². The highest BCUT2D eigenvalue weighted by molar-refractivity contribution is 5.54. The Morgan fingerprint density at radius 1 is 1.65 bits per heavy atom. The second-order valence-corrected chi connectivity index (χ2v) is 3.85. The van der Waals surface area contributed by atoms with Crippen molar-refractivity contribution in [3.05, 3.63) is 16.3 Å². The highest BCUT2D eigenvalue weighted by Gasteiger charge is 2.31. The first-order chi connectivity index (χ1) is 8.13. The topological polar surface area (TPSA) is 118 Å². The van der Waals surface area contributed by atoms with Crippen LogP contribution in [0, 0.1) is 10.1 Å². The Balaban J connectivity index is 2.25. The van der Waals surface area contributed by atoms with Gasteiger partial charge in [0.2, 0.25) is 11.8 Å². The van der Waals surface area contributed by atoms with E-state index in [4.69, 9.17) is 10.8 Å². The monoisotopic (exact) mass is 239 g/mol. The van der Waals surface area contributed by atoms with E-state index in [-0.39, 0.29) is 18.1 Å². The van der Waals surface area contributed by atoms with E-state index < -0.39 is 4.92 Å². The Morgan fingerprint density at radius 2 is 2.35 bits per heavy atom. The Morgan fingerprint density at radius 3 is 2.82 bits per heavy atom. The number of hydrogen-bond acceptors (Lipinski definition) is 7. The molecule has 0 unspecified atom stereocenters. The maximum atomic E-state index is 10.6. The molecule has 17 heavy (non-hydrogen) atoms. The van der Waals surface area contributed by atoms with E-state index in [0.717, 1.165) is 19.0 Å². The van der Waals surface area contributed by atoms with E-state index in [0.29, 0.717) is 18.5 Å². The van der Waals surface area contributed by atoms with Gasteiger partial charge in [0.25, 0.3) is 0 Å². The minimum absolute atomic E-state index is 0.0171. The molecule has 1 saturated carbocycles. The number of aromatic nitrogens is 2. The molecule has 0 atom stereocenters. The number of nitro groups is 1. The molecule has 3 N–H and O–H groups in total. The van der Waals surface area contributed by atoms with Crippen LogP contribution < -0.4 is 10.6 Å². The van der Waals surface area contributed by atoms with Gasteiger partial charge >= 0.3 is 5.69 Å². The first kappa shape index (κ1) is 11.5. The smallest absolute Gasteiger partial charge is 0.329 e. The van der Waals surface area contributed by atoms with Gasteiger partial charge in [-0.2, -0.15) is 4.98 Å². The van der Waals surface area contributed by atoms with Crippen molar-refractivity contribution in [1.82, 2.24) is 9.97 Å². The van der Waals surface area contributed by atoms with Crippen LogP contribution in [0.25, 0.3) is 0 Å². The van der Waals surface area contributed by atoms with Crippen LogP contribution >= 0.6 is 0 Å². The SMILES string of the molecule is Nc1nc(N(CCO)C2CC2)ncc1[N+](=O)[O-]. The van der Waals surface area contributed by atoms with Crippen LogP contribution in [-0.2, 0) is 0 Å². The maximum Gasteiger partial charge on any atom is 0.329 e. The number of nitrogens with two attached hydrogens (primary N) is 1. The summed E-state index contributed by atoms with van der Waals surface area (Å²) in [4.78, 5) is 19.6. The number of anilines is 2. The summed E-state index contributed by atoms with van der Waals surface area (Å²) in [5, 5.41) is 19.5. The summed E-state index contributed by atoms with van der Waals surface area (Å²) in [7, 11) is 0. The predicted molar refractivity (Wildman–Crippen MR) is 60.6 cm³/mol. The third kappa shape index (κ3) is 2.41. The van der Waals surface area contributed by atoms with E-state index in [1.54, 1.807) is 0 Å². The summed E-state index contributed by atoms with van der Waals surface area (Å²) >= 11 is 0. The molecule has 0 spiro atoms. The van der Waals surface area contributed by atoms with Crippen molar-refractivity contribution >= 4 is 17.5 Å². The van der Waals surface area contributed by atoms with Crippen LogP contribution in [0.1, 0.15) is 12.8 Å². The molecule has 8 heteroatoms. The molecular weight excluding hydrogens is 226 g/mol. The first-order valence-electron chi connectivity index (χ1n) is 5.28. The summed E-state index contributed by atoms with van der Waals surface area (Å²) in [6.07, 6.45) is 3.13. The second kappa shape index (κ2) is 4.50. The fraction of sp³-hybridized carbons (Fsp3) is 0.556. The fourth-order valence-corrected chi connectivity index (χ4v) is 1.60. The van der Waals surface area contributed by atoms with Gasteiger partial charge in [-0.15, -0.1) is 0 Å². The van der Waals surface area contributed by atoms with Crippen LogP contribution in [0.15, 0.2) is 6.20 Å². The zero-order chi connectivity index (χ0) is 12.4. The molecule has 0 bridgehead atoms. The lowest BCUT2D eigenvalue weighted by Crippen LogP contribution is -2.30. The molecule has 0 aromatic carbocycles. The lowest BCUT2D eigenvalue weighted by Gasteiger charge is -2.20. The van der Waals surface area contributed by atoms with E-state index in [1.165, 1.54) is 0 Å². The summed E-state index contributed by atoms with van der Waals surface area (Å²) in [6, 6.07) is 0.308. The highest BCUT2D eigenvalue weighted by atomic mass is 16.6. The minimum atomic E-state index is -0.618. The predicted octanol–water partition coefficient (Wildman–Crippen LogP) is -0.0719. The van der Waals surface area contributed by atoms with E-state index in [9.17, 15) is 10.1 Å². The summed E-state index contributed by atoms with van der Waals surface area (Å²) in [5.41, 5.74) is 5.20. The average molecular weight is 239 g/mol. The van der Waals surface area contributed by atoms with Gasteiger partial charge in [0.05, 0.1) is 11.5 Å². The zero-order valence-electron chi connectivity index (χ0n) is 9.11. The van der Waals surface area contributed by atoms with Crippen molar-refractivity contribution in [2.75, 3.05) is 23.8 Å². The van der Waals surface area contributed by atoms with Crippen molar-refractivity contribution in [1.29, 1.82) is 0 Å². The van der Waals surface area contributed by atoms with Crippen molar-refractivity contribution < 1.29 is 10.0 Å². The number of hydrogen-bond donors (Lipinski definition) is 2. The highest BCUT2D eigenvalue weighted by Crippen LogP contribution is 2.30. The molecule has 2 rings (SSSR count). The van der Waals surface area contributed by atoms with Crippen LogP contribution in [0.4, 0.5) is 17.5 Å². The van der Waals surface area contributed by atoms with Gasteiger partial charge in [-0.25, -0.2) is 4.98 Å². The van der Waals surface area contributed by atoms with Crippen molar-refractivity contribution in [3.63, 3.8) is 0 Å². The summed E-state index contributed by atoms with van der Waals surface area (Å²) < 4.78 is 0. The third-order valence-corrected chi connectivity index (χ3v) is 2.57. The van der Waals surface area contributed by atoms with Gasteiger partial charge in [0, 0.05) is 12.6 Å². The minimum Gasteiger partial charge on any atom is -0.395 e. The summed E-state index contributed by atoms with van der Waals surface area (Å²) in [5.74, 6) is 0.188. The summed E-state index contributed by atoms with van der Waals surface area (Å²) in [6.45, 7) is 0.388. The quantitative estimate of drug-likeness (QED) is 0.545. The molecule has 1 aromatic rings. The van der Waals surface area contributed by atoms with E-state index >= 15 is 0 Å². The average Bonchev–Trinajstić information content (AvgIpc) is 3.09. The largest absolute Gasteiger partial charge is 0.395 e. The van der Waals surface area contributed by atoms with Crippen molar-refractivity contribution in [2.24, 2.45) is 0 Å². The Labute approximate surface area is 97.2 Å². The lowest BCUT2D eigenvalue weighted by atomic mass is 10.4. The van der Waals surface area contributed by atoms with Gasteiger partial charge in [-0.05, 0) is 12.8 Å². The third-order valence-electron chi connectivity index (χ3n) is 2.57. The Kier molecular flexibility index (Phi) is 3.05. The molecule has 1 heterocycles. The molecule has 1 aliphatic carbocycles. The number of aliphatic hydroxyl groups excluding tert-OH is 1. The first-order valence-corrected chi connectivity index (χ1v) is 5.28. The Hall–Kier alpha value is -1.96. The molecule has 0 aliphatic heterocycles. The van der Waals surface area contributed by atoms with Gasteiger partial charge in [-0.1, -0.05) is 0 Å². The van der Waals surface area contributed by atoms with Crippen LogP contribution in [0.2, 0.25) is 0 Å². The Bertz CT molecular complexity index is 435. The number of nitrogen functional groups attached to an aromatic ring is 1. The molecule has 0 radical (unpaired) electrons. The number of aliphatic hydroxyl groups is 1. The van der Waals surface area contributed by atoms with Crippen LogP contribution in [-0.4, -0.2) is 39.2 Å². The lowest BCUT2D eigenvalue weighted by molar-refractivity contribution is -0.384. The molecule has 1 aromatic heterocycles. The van der Waals surface area contributed by atoms with Gasteiger partial charge < -0.3 is 15.7 Å². The van der Waals surface area contributed by atoms with Gasteiger partial charge in [-0.3, -0.25) is 10.1 Å². The molecule has 8 nitrogen and oxygen atoms in total. The molecule has 0 saturated heterocycles. The second-order valence-electron chi connectivity index (χ2n) is 3.85. The standard InChI is InChI=1S/C9H13N5O3/c10-8-7(14(16)17)5-11-9(12-8)13(3-4-15)6-1-2-6/h5-6,15H,1-4H2,(H2,10,11,12).